The molecule has 2 aromatic rings. The van der Waals surface area contributed by atoms with Crippen molar-refractivity contribution in [3.05, 3.63) is 71.3 Å². The fourth-order valence-corrected chi connectivity index (χ4v) is 3.11. The number of nitrogens with zero attached hydrogens (tertiary/aromatic N) is 1. The lowest BCUT2D eigenvalue weighted by Crippen LogP contribution is -2.36. The molecule has 0 aliphatic carbocycles. The number of carbonyl (C=O) groups excluding carboxylic acids is 3. The highest BCUT2D eigenvalue weighted by Gasteiger charge is 2.34. The summed E-state index contributed by atoms with van der Waals surface area (Å²) in [6, 6.07) is 17.3. The third-order valence-electron chi connectivity index (χ3n) is 4.73. The summed E-state index contributed by atoms with van der Waals surface area (Å²) in [4.78, 5) is 38.0. The van der Waals surface area contributed by atoms with E-state index in [1.54, 1.807) is 4.90 Å². The van der Waals surface area contributed by atoms with E-state index < -0.39 is 11.9 Å². The van der Waals surface area contributed by atoms with Gasteiger partial charge in [0.2, 0.25) is 11.8 Å². The Labute approximate surface area is 164 Å². The predicted molar refractivity (Wildman–Crippen MR) is 104 cm³/mol. The molecule has 6 nitrogen and oxygen atoms in total. The van der Waals surface area contributed by atoms with Gasteiger partial charge in [0.05, 0.1) is 5.92 Å². The van der Waals surface area contributed by atoms with Crippen LogP contribution in [0.4, 0.5) is 0 Å². The Balaban J connectivity index is 1.42. The summed E-state index contributed by atoms with van der Waals surface area (Å²) < 4.78 is 5.14. The van der Waals surface area contributed by atoms with Crippen LogP contribution in [0.25, 0.3) is 0 Å². The molecule has 3 rings (SSSR count). The third-order valence-corrected chi connectivity index (χ3v) is 4.73. The maximum atomic E-state index is 12.3. The number of carbonyl (C=O) groups is 3. The van der Waals surface area contributed by atoms with Crippen LogP contribution in [0, 0.1) is 12.8 Å². The zero-order valence-corrected chi connectivity index (χ0v) is 15.9. The molecular formula is C22H24N2O4. The van der Waals surface area contributed by atoms with Gasteiger partial charge in [0.1, 0.15) is 13.2 Å². The van der Waals surface area contributed by atoms with Crippen LogP contribution in [0.15, 0.2) is 54.6 Å². The highest BCUT2D eigenvalue weighted by atomic mass is 16.5. The van der Waals surface area contributed by atoms with Crippen molar-refractivity contribution in [2.24, 2.45) is 5.92 Å². The Kier molecular flexibility index (Phi) is 6.42. The first-order chi connectivity index (χ1) is 13.5. The molecule has 146 valence electrons. The van der Waals surface area contributed by atoms with Crippen LogP contribution in [0.3, 0.4) is 0 Å². The Bertz CT molecular complexity index is 833. The molecule has 0 bridgehead atoms. The lowest BCUT2D eigenvalue weighted by molar-refractivity contribution is -0.145. The Hall–Kier alpha value is -3.15. The summed E-state index contributed by atoms with van der Waals surface area (Å²) in [5.41, 5.74) is 3.08. The molecule has 0 radical (unpaired) electrons. The molecular weight excluding hydrogens is 356 g/mol. The average molecular weight is 380 g/mol. The number of amides is 2. The molecule has 1 saturated heterocycles. The molecule has 0 aromatic heterocycles. The van der Waals surface area contributed by atoms with E-state index in [1.165, 1.54) is 0 Å². The van der Waals surface area contributed by atoms with E-state index in [0.717, 1.165) is 16.7 Å². The summed E-state index contributed by atoms with van der Waals surface area (Å²) in [7, 11) is 0. The number of rotatable bonds is 7. The van der Waals surface area contributed by atoms with E-state index in [2.05, 4.69) is 5.32 Å². The quantitative estimate of drug-likeness (QED) is 0.748. The van der Waals surface area contributed by atoms with E-state index in [9.17, 15) is 14.4 Å². The lowest BCUT2D eigenvalue weighted by atomic mass is 10.1. The van der Waals surface area contributed by atoms with Crippen molar-refractivity contribution in [3.8, 4) is 0 Å². The van der Waals surface area contributed by atoms with Crippen LogP contribution in [0.1, 0.15) is 23.1 Å². The van der Waals surface area contributed by atoms with Crippen molar-refractivity contribution >= 4 is 17.8 Å². The summed E-state index contributed by atoms with van der Waals surface area (Å²) in [6.45, 7) is 2.83. The van der Waals surface area contributed by atoms with Crippen molar-refractivity contribution in [2.75, 3.05) is 13.1 Å². The first-order valence-corrected chi connectivity index (χ1v) is 9.32. The second kappa shape index (κ2) is 9.17. The molecule has 0 saturated carbocycles. The van der Waals surface area contributed by atoms with Gasteiger partial charge in [-0.1, -0.05) is 60.2 Å². The van der Waals surface area contributed by atoms with E-state index in [0.29, 0.717) is 13.1 Å². The predicted octanol–water partition coefficient (Wildman–Crippen LogP) is 2.20. The minimum atomic E-state index is -0.502. The van der Waals surface area contributed by atoms with E-state index in [1.807, 2.05) is 61.5 Å². The van der Waals surface area contributed by atoms with Gasteiger partial charge < -0.3 is 15.0 Å². The van der Waals surface area contributed by atoms with Gasteiger partial charge in [-0.3, -0.25) is 14.4 Å². The molecule has 1 aliphatic heterocycles. The highest BCUT2D eigenvalue weighted by molar-refractivity contribution is 5.90. The summed E-state index contributed by atoms with van der Waals surface area (Å²) >= 11 is 0. The molecule has 2 aromatic carbocycles. The van der Waals surface area contributed by atoms with E-state index in [4.69, 9.17) is 4.74 Å². The molecule has 28 heavy (non-hydrogen) atoms. The van der Waals surface area contributed by atoms with Crippen molar-refractivity contribution in [2.45, 2.75) is 26.5 Å². The largest absolute Gasteiger partial charge is 0.460 e. The normalized spacial score (nSPS) is 16.1. The third kappa shape index (κ3) is 5.42. The number of likely N-dealkylation sites (tertiary alicyclic amines) is 1. The van der Waals surface area contributed by atoms with Gasteiger partial charge in [0.15, 0.2) is 0 Å². The van der Waals surface area contributed by atoms with Crippen molar-refractivity contribution in [1.82, 2.24) is 10.2 Å². The van der Waals surface area contributed by atoms with Gasteiger partial charge in [-0.05, 0) is 18.1 Å². The van der Waals surface area contributed by atoms with Crippen LogP contribution >= 0.6 is 0 Å². The second-order valence-corrected chi connectivity index (χ2v) is 7.02. The van der Waals surface area contributed by atoms with Crippen LogP contribution in [0.5, 0.6) is 0 Å². The van der Waals surface area contributed by atoms with Gasteiger partial charge in [-0.15, -0.1) is 0 Å². The Morgan fingerprint density at radius 3 is 2.50 bits per heavy atom. The number of hydrogen-bond acceptors (Lipinski definition) is 4. The Morgan fingerprint density at radius 1 is 1.07 bits per heavy atom. The van der Waals surface area contributed by atoms with Crippen LogP contribution in [-0.2, 0) is 32.3 Å². The first-order valence-electron chi connectivity index (χ1n) is 9.32. The zero-order valence-electron chi connectivity index (χ0n) is 15.9. The molecule has 1 heterocycles. The van der Waals surface area contributed by atoms with Crippen molar-refractivity contribution in [1.29, 1.82) is 0 Å². The maximum absolute atomic E-state index is 12.3. The number of ether oxygens (including phenoxy) is 1. The van der Waals surface area contributed by atoms with Gasteiger partial charge in [-0.25, -0.2) is 0 Å². The molecule has 1 aliphatic rings. The number of aryl methyl sites for hydroxylation is 1. The van der Waals surface area contributed by atoms with Crippen molar-refractivity contribution in [3.63, 3.8) is 0 Å². The number of hydrogen-bond donors (Lipinski definition) is 1. The van der Waals surface area contributed by atoms with Crippen LogP contribution in [-0.4, -0.2) is 35.8 Å². The topological polar surface area (TPSA) is 75.7 Å². The summed E-state index contributed by atoms with van der Waals surface area (Å²) in [6.07, 6.45) is 0.163. The van der Waals surface area contributed by atoms with Crippen molar-refractivity contribution < 1.29 is 19.1 Å². The van der Waals surface area contributed by atoms with Crippen LogP contribution < -0.4 is 5.32 Å². The van der Waals surface area contributed by atoms with Gasteiger partial charge in [-0.2, -0.15) is 0 Å². The number of benzene rings is 2. The van der Waals surface area contributed by atoms with Gasteiger partial charge >= 0.3 is 5.97 Å². The summed E-state index contributed by atoms with van der Waals surface area (Å²) in [5, 5.41) is 2.58. The Morgan fingerprint density at radius 2 is 1.79 bits per heavy atom. The minimum Gasteiger partial charge on any atom is -0.460 e. The standard InChI is InChI=1S/C22H24N2O4/c1-16-7-9-17(10-8-16)13-24-14-19(11-20(24)25)22(27)23-12-21(26)28-15-18-5-3-2-4-6-18/h2-10,19H,11-15H2,1H3,(H,23,27)/t19-/m0/s1. The van der Waals surface area contributed by atoms with E-state index in [-0.39, 0.29) is 31.4 Å². The fourth-order valence-electron chi connectivity index (χ4n) is 3.11. The lowest BCUT2D eigenvalue weighted by Gasteiger charge is -2.16. The second-order valence-electron chi connectivity index (χ2n) is 7.02. The van der Waals surface area contributed by atoms with Gasteiger partial charge in [0.25, 0.3) is 0 Å². The molecule has 1 atom stereocenters. The van der Waals surface area contributed by atoms with Crippen LogP contribution in [0.2, 0.25) is 0 Å². The van der Waals surface area contributed by atoms with Gasteiger partial charge in [0, 0.05) is 19.5 Å². The number of esters is 1. The summed E-state index contributed by atoms with van der Waals surface area (Å²) in [5.74, 6) is -1.29. The smallest absolute Gasteiger partial charge is 0.325 e. The molecule has 6 heteroatoms. The fraction of sp³-hybridized carbons (Fsp3) is 0.318. The minimum absolute atomic E-state index is 0.0487. The molecule has 1 fully saturated rings. The SMILES string of the molecule is Cc1ccc(CN2C[C@@H](C(=O)NCC(=O)OCc3ccccc3)CC2=O)cc1. The molecule has 1 N–H and O–H groups in total. The molecule has 2 amide bonds. The highest BCUT2D eigenvalue weighted by Crippen LogP contribution is 2.20. The molecule has 0 unspecified atom stereocenters. The maximum Gasteiger partial charge on any atom is 0.325 e. The average Bonchev–Trinajstić information content (AvgIpc) is 3.07. The molecule has 0 spiro atoms. The number of nitrogens with one attached hydrogen (secondary N) is 1. The van der Waals surface area contributed by atoms with E-state index >= 15 is 0 Å². The first kappa shape index (κ1) is 19.6. The zero-order chi connectivity index (χ0) is 19.9. The monoisotopic (exact) mass is 380 g/mol.